The first-order valence-corrected chi connectivity index (χ1v) is 6.29. The molecule has 0 heterocycles. The second-order valence-corrected chi connectivity index (χ2v) is 4.85. The van der Waals surface area contributed by atoms with Crippen LogP contribution in [0.1, 0.15) is 33.1 Å². The van der Waals surface area contributed by atoms with Gasteiger partial charge in [0.25, 0.3) is 0 Å². The van der Waals surface area contributed by atoms with E-state index in [1.165, 1.54) is 12.0 Å². The molecular formula is C12H23F3N2O2. The Labute approximate surface area is 112 Å². The number of carbonyl (C=O) groups is 1. The molecule has 0 aliphatic rings. The molecule has 114 valence electrons. The van der Waals surface area contributed by atoms with Crippen molar-refractivity contribution >= 4 is 5.97 Å². The van der Waals surface area contributed by atoms with Crippen LogP contribution in [0.15, 0.2) is 0 Å². The highest BCUT2D eigenvalue weighted by atomic mass is 19.4. The fourth-order valence-electron chi connectivity index (χ4n) is 1.77. The van der Waals surface area contributed by atoms with Crippen molar-refractivity contribution in [3.8, 4) is 0 Å². The minimum atomic E-state index is -4.18. The number of carbonyl (C=O) groups excluding carboxylic acids is 1. The fraction of sp³-hybridized carbons (Fsp3) is 0.917. The number of alkyl halides is 3. The smallest absolute Gasteiger partial charge is 0.401 e. The number of halogens is 3. The molecule has 0 aromatic carbocycles. The summed E-state index contributed by atoms with van der Waals surface area (Å²) in [6, 6.07) is 0. The Morgan fingerprint density at radius 2 is 1.89 bits per heavy atom. The van der Waals surface area contributed by atoms with Gasteiger partial charge >= 0.3 is 12.1 Å². The normalized spacial score (nSPS) is 15.4. The first-order chi connectivity index (χ1) is 8.62. The summed E-state index contributed by atoms with van der Waals surface area (Å²) < 4.78 is 41.2. The SMILES string of the molecule is CCN(CCCCC(C)(N)C(=O)OC)CC(F)(F)F. The summed E-state index contributed by atoms with van der Waals surface area (Å²) >= 11 is 0. The molecule has 1 atom stereocenters. The topological polar surface area (TPSA) is 55.6 Å². The molecular weight excluding hydrogens is 261 g/mol. The van der Waals surface area contributed by atoms with Crippen molar-refractivity contribution in [2.75, 3.05) is 26.7 Å². The molecule has 0 spiro atoms. The summed E-state index contributed by atoms with van der Waals surface area (Å²) in [6.07, 6.45) is -2.64. The Morgan fingerprint density at radius 3 is 2.32 bits per heavy atom. The highest BCUT2D eigenvalue weighted by Crippen LogP contribution is 2.17. The van der Waals surface area contributed by atoms with Crippen LogP contribution in [-0.2, 0) is 9.53 Å². The molecule has 0 fully saturated rings. The zero-order valence-electron chi connectivity index (χ0n) is 11.7. The van der Waals surface area contributed by atoms with Crippen LogP contribution in [0.3, 0.4) is 0 Å². The van der Waals surface area contributed by atoms with E-state index in [4.69, 9.17) is 5.73 Å². The molecule has 0 rings (SSSR count). The quantitative estimate of drug-likeness (QED) is 0.546. The van der Waals surface area contributed by atoms with Crippen molar-refractivity contribution in [3.63, 3.8) is 0 Å². The molecule has 0 aromatic heterocycles. The summed E-state index contributed by atoms with van der Waals surface area (Å²) in [5.74, 6) is -0.505. The van der Waals surface area contributed by atoms with Crippen LogP contribution in [0.5, 0.6) is 0 Å². The lowest BCUT2D eigenvalue weighted by Crippen LogP contribution is -2.45. The number of rotatable bonds is 8. The summed E-state index contributed by atoms with van der Waals surface area (Å²) in [4.78, 5) is 12.6. The van der Waals surface area contributed by atoms with Gasteiger partial charge in [-0.05, 0) is 39.3 Å². The molecule has 0 aromatic rings. The maximum Gasteiger partial charge on any atom is 0.401 e. The lowest BCUT2D eigenvalue weighted by molar-refractivity contribution is -0.146. The fourth-order valence-corrected chi connectivity index (χ4v) is 1.77. The number of unbranched alkanes of at least 4 members (excludes halogenated alkanes) is 1. The van der Waals surface area contributed by atoms with Gasteiger partial charge in [-0.3, -0.25) is 9.69 Å². The van der Waals surface area contributed by atoms with Crippen LogP contribution in [0.4, 0.5) is 13.2 Å². The van der Waals surface area contributed by atoms with Crippen LogP contribution < -0.4 is 5.73 Å². The van der Waals surface area contributed by atoms with E-state index in [0.29, 0.717) is 32.4 Å². The summed E-state index contributed by atoms with van der Waals surface area (Å²) in [5.41, 5.74) is 4.68. The van der Waals surface area contributed by atoms with Gasteiger partial charge in [0.15, 0.2) is 0 Å². The molecule has 0 aliphatic carbocycles. The molecule has 2 N–H and O–H groups in total. The molecule has 0 aliphatic heterocycles. The Bertz CT molecular complexity index is 281. The molecule has 0 radical (unpaired) electrons. The van der Waals surface area contributed by atoms with Gasteiger partial charge in [-0.2, -0.15) is 13.2 Å². The van der Waals surface area contributed by atoms with Gasteiger partial charge in [-0.1, -0.05) is 6.92 Å². The number of esters is 1. The standard InChI is InChI=1S/C12H23F3N2O2/c1-4-17(9-12(13,14)15)8-6-5-7-11(2,16)10(18)19-3/h4-9,16H2,1-3H3. The zero-order valence-corrected chi connectivity index (χ0v) is 11.7. The molecule has 19 heavy (non-hydrogen) atoms. The molecule has 0 saturated carbocycles. The van der Waals surface area contributed by atoms with Crippen LogP contribution in [0.2, 0.25) is 0 Å². The minimum Gasteiger partial charge on any atom is -0.468 e. The van der Waals surface area contributed by atoms with Crippen molar-refractivity contribution < 1.29 is 22.7 Å². The van der Waals surface area contributed by atoms with Gasteiger partial charge in [0.05, 0.1) is 13.7 Å². The third-order valence-corrected chi connectivity index (χ3v) is 2.92. The van der Waals surface area contributed by atoms with Gasteiger partial charge in [-0.25, -0.2) is 0 Å². The van der Waals surface area contributed by atoms with Crippen molar-refractivity contribution in [2.45, 2.75) is 44.8 Å². The maximum atomic E-state index is 12.2. The van der Waals surface area contributed by atoms with E-state index in [2.05, 4.69) is 4.74 Å². The number of ether oxygens (including phenoxy) is 1. The zero-order chi connectivity index (χ0) is 15.1. The highest BCUT2D eigenvalue weighted by molar-refractivity contribution is 5.79. The van der Waals surface area contributed by atoms with E-state index >= 15 is 0 Å². The molecule has 1 unspecified atom stereocenters. The third kappa shape index (κ3) is 8.05. The summed E-state index contributed by atoms with van der Waals surface area (Å²) in [6.45, 7) is 3.03. The monoisotopic (exact) mass is 284 g/mol. The van der Waals surface area contributed by atoms with E-state index in [1.54, 1.807) is 13.8 Å². The first-order valence-electron chi connectivity index (χ1n) is 6.29. The average Bonchev–Trinajstić information content (AvgIpc) is 2.30. The predicted molar refractivity (Wildman–Crippen MR) is 66.6 cm³/mol. The van der Waals surface area contributed by atoms with Crippen LogP contribution in [0.25, 0.3) is 0 Å². The van der Waals surface area contributed by atoms with Crippen molar-refractivity contribution in [1.29, 1.82) is 0 Å². The molecule has 0 saturated heterocycles. The Kier molecular flexibility index (Phi) is 7.36. The van der Waals surface area contributed by atoms with Crippen molar-refractivity contribution in [3.05, 3.63) is 0 Å². The van der Waals surface area contributed by atoms with Crippen LogP contribution in [0, 0.1) is 0 Å². The minimum absolute atomic E-state index is 0.341. The Hall–Kier alpha value is -0.820. The van der Waals surface area contributed by atoms with E-state index < -0.39 is 24.2 Å². The van der Waals surface area contributed by atoms with Crippen molar-refractivity contribution in [2.24, 2.45) is 5.73 Å². The van der Waals surface area contributed by atoms with E-state index in [1.807, 2.05) is 0 Å². The maximum absolute atomic E-state index is 12.2. The predicted octanol–water partition coefficient (Wildman–Crippen LogP) is 1.93. The van der Waals surface area contributed by atoms with E-state index in [-0.39, 0.29) is 0 Å². The third-order valence-electron chi connectivity index (χ3n) is 2.92. The van der Waals surface area contributed by atoms with E-state index in [0.717, 1.165) is 0 Å². The van der Waals surface area contributed by atoms with E-state index in [9.17, 15) is 18.0 Å². The lowest BCUT2D eigenvalue weighted by atomic mass is 9.96. The Morgan fingerprint density at radius 1 is 1.32 bits per heavy atom. The van der Waals surface area contributed by atoms with Gasteiger partial charge in [0.2, 0.25) is 0 Å². The Balaban J connectivity index is 3.99. The van der Waals surface area contributed by atoms with Gasteiger partial charge in [0, 0.05) is 0 Å². The summed E-state index contributed by atoms with van der Waals surface area (Å²) in [7, 11) is 1.26. The number of hydrogen-bond acceptors (Lipinski definition) is 4. The largest absolute Gasteiger partial charge is 0.468 e. The second kappa shape index (κ2) is 7.69. The highest BCUT2D eigenvalue weighted by Gasteiger charge is 2.31. The first kappa shape index (κ1) is 18.2. The number of nitrogens with zero attached hydrogens (tertiary/aromatic N) is 1. The van der Waals surface area contributed by atoms with Crippen LogP contribution in [-0.4, -0.2) is 49.3 Å². The number of hydrogen-bond donors (Lipinski definition) is 1. The molecule has 0 bridgehead atoms. The number of nitrogens with two attached hydrogens (primary N) is 1. The average molecular weight is 284 g/mol. The summed E-state index contributed by atoms with van der Waals surface area (Å²) in [5, 5.41) is 0. The van der Waals surface area contributed by atoms with Gasteiger partial charge in [0.1, 0.15) is 5.54 Å². The molecule has 0 amide bonds. The molecule has 4 nitrogen and oxygen atoms in total. The number of methoxy groups -OCH3 is 1. The van der Waals surface area contributed by atoms with Gasteiger partial charge < -0.3 is 10.5 Å². The van der Waals surface area contributed by atoms with Crippen LogP contribution >= 0.6 is 0 Å². The van der Waals surface area contributed by atoms with Gasteiger partial charge in [-0.15, -0.1) is 0 Å². The van der Waals surface area contributed by atoms with Crippen molar-refractivity contribution in [1.82, 2.24) is 4.90 Å². The second-order valence-electron chi connectivity index (χ2n) is 4.85. The lowest BCUT2D eigenvalue weighted by Gasteiger charge is -2.24. The molecule has 7 heteroatoms.